The van der Waals surface area contributed by atoms with Gasteiger partial charge in [0.15, 0.2) is 5.82 Å². The van der Waals surface area contributed by atoms with Crippen LogP contribution in [0, 0.1) is 0 Å². The Morgan fingerprint density at radius 3 is 2.91 bits per heavy atom. The molecule has 118 valence electrons. The first-order valence-electron chi connectivity index (χ1n) is 7.42. The van der Waals surface area contributed by atoms with Crippen molar-refractivity contribution in [3.05, 3.63) is 41.3 Å². The second kappa shape index (κ2) is 5.81. The monoisotopic (exact) mass is 312 g/mol. The van der Waals surface area contributed by atoms with E-state index in [0.29, 0.717) is 19.8 Å². The van der Waals surface area contributed by atoms with Crippen molar-refractivity contribution < 1.29 is 9.26 Å². The Morgan fingerprint density at radius 2 is 2.13 bits per heavy atom. The molecule has 0 saturated carbocycles. The number of ether oxygens (including phenoxy) is 1. The highest BCUT2D eigenvalue weighted by atomic mass is 16.5. The third kappa shape index (κ3) is 2.68. The summed E-state index contributed by atoms with van der Waals surface area (Å²) in [6, 6.07) is 7.95. The first-order valence-corrected chi connectivity index (χ1v) is 7.42. The highest BCUT2D eigenvalue weighted by molar-refractivity contribution is 5.59. The molecule has 1 N–H and O–H groups in total. The van der Waals surface area contributed by atoms with Crippen LogP contribution in [-0.2, 0) is 31.4 Å². The minimum absolute atomic E-state index is 0.577. The highest BCUT2D eigenvalue weighted by Gasteiger charge is 2.19. The Bertz CT molecular complexity index is 808. The summed E-state index contributed by atoms with van der Waals surface area (Å²) >= 11 is 0. The normalized spacial score (nSPS) is 13.8. The van der Waals surface area contributed by atoms with Crippen molar-refractivity contribution in [3.63, 3.8) is 0 Å². The molecule has 1 aromatic carbocycles. The second-order valence-electron chi connectivity index (χ2n) is 5.39. The van der Waals surface area contributed by atoms with E-state index in [-0.39, 0.29) is 0 Å². The van der Waals surface area contributed by atoms with Crippen LogP contribution in [0.4, 0.5) is 5.69 Å². The van der Waals surface area contributed by atoms with Gasteiger partial charge in [-0.1, -0.05) is 5.16 Å². The Hall–Kier alpha value is -2.74. The number of nitrogens with zero attached hydrogens (tertiary/aromatic N) is 5. The molecule has 0 fully saturated rings. The van der Waals surface area contributed by atoms with Crippen molar-refractivity contribution in [2.45, 2.75) is 19.6 Å². The van der Waals surface area contributed by atoms with Gasteiger partial charge in [-0.3, -0.25) is 0 Å². The molecule has 1 aliphatic rings. The molecule has 0 unspecified atom stereocenters. The van der Waals surface area contributed by atoms with E-state index in [1.54, 1.807) is 4.68 Å². The lowest BCUT2D eigenvalue weighted by Gasteiger charge is -2.11. The van der Waals surface area contributed by atoms with Crippen molar-refractivity contribution in [1.82, 2.24) is 25.4 Å². The smallest absolute Gasteiger partial charge is 0.181 e. The third-order valence-corrected chi connectivity index (χ3v) is 3.89. The zero-order valence-corrected chi connectivity index (χ0v) is 12.7. The fourth-order valence-corrected chi connectivity index (χ4v) is 2.62. The predicted molar refractivity (Wildman–Crippen MR) is 81.4 cm³/mol. The molecule has 0 saturated heterocycles. The van der Waals surface area contributed by atoms with Gasteiger partial charge in [0.25, 0.3) is 0 Å². The number of hydrogen-bond acceptors (Lipinski definition) is 7. The zero-order chi connectivity index (χ0) is 15.6. The fraction of sp³-hybridized carbons (Fsp3) is 0.333. The van der Waals surface area contributed by atoms with Gasteiger partial charge in [0.2, 0.25) is 0 Å². The number of nitrogens with one attached hydrogen (secondary N) is 1. The molecule has 23 heavy (non-hydrogen) atoms. The highest BCUT2D eigenvalue weighted by Crippen LogP contribution is 2.22. The van der Waals surface area contributed by atoms with Crippen LogP contribution >= 0.6 is 0 Å². The largest absolute Gasteiger partial charge is 0.379 e. The molecule has 4 rings (SSSR count). The minimum Gasteiger partial charge on any atom is -0.379 e. The van der Waals surface area contributed by atoms with Crippen LogP contribution in [0.15, 0.2) is 28.8 Å². The van der Waals surface area contributed by atoms with Crippen molar-refractivity contribution >= 4 is 5.69 Å². The Labute approximate surface area is 132 Å². The summed E-state index contributed by atoms with van der Waals surface area (Å²) < 4.78 is 12.5. The third-order valence-electron chi connectivity index (χ3n) is 3.89. The lowest BCUT2D eigenvalue weighted by molar-refractivity contribution is 0.102. The molecule has 0 spiro atoms. The van der Waals surface area contributed by atoms with Crippen LogP contribution in [0.25, 0.3) is 11.4 Å². The number of anilines is 1. The molecule has 0 aliphatic carbocycles. The first-order chi connectivity index (χ1) is 11.3. The van der Waals surface area contributed by atoms with Crippen LogP contribution in [0.5, 0.6) is 0 Å². The van der Waals surface area contributed by atoms with Crippen LogP contribution < -0.4 is 5.32 Å². The molecule has 1 aliphatic heterocycles. The summed E-state index contributed by atoms with van der Waals surface area (Å²) in [5.74, 6) is 1.68. The number of rotatable bonds is 4. The molecule has 8 nitrogen and oxygen atoms in total. The van der Waals surface area contributed by atoms with Gasteiger partial charge in [-0.2, -0.15) is 0 Å². The standard InChI is InChI=1S/C15H16N6O2/c1-21-15(17-19-20-21)10-2-4-11(5-3-10)16-8-13-12-9-22-7-6-14(12)23-18-13/h2-5,16H,6-9H2,1H3. The number of aryl methyl sites for hydroxylation is 1. The number of hydrogen-bond donors (Lipinski definition) is 1. The molecule has 0 atom stereocenters. The van der Waals surface area contributed by atoms with Gasteiger partial charge in [-0.05, 0) is 34.7 Å². The summed E-state index contributed by atoms with van der Waals surface area (Å²) in [6.45, 7) is 1.88. The molecule has 3 heterocycles. The van der Waals surface area contributed by atoms with Crippen LogP contribution in [0.2, 0.25) is 0 Å². The fourth-order valence-electron chi connectivity index (χ4n) is 2.62. The maximum absolute atomic E-state index is 5.47. The van der Waals surface area contributed by atoms with E-state index in [4.69, 9.17) is 9.26 Å². The van der Waals surface area contributed by atoms with E-state index in [2.05, 4.69) is 26.0 Å². The summed E-state index contributed by atoms with van der Waals surface area (Å²) in [5.41, 5.74) is 3.94. The lowest BCUT2D eigenvalue weighted by atomic mass is 10.1. The second-order valence-corrected chi connectivity index (χ2v) is 5.39. The minimum atomic E-state index is 0.577. The lowest BCUT2D eigenvalue weighted by Crippen LogP contribution is -2.10. The maximum Gasteiger partial charge on any atom is 0.181 e. The average Bonchev–Trinajstić information content (AvgIpc) is 3.20. The molecule has 8 heteroatoms. The molecular formula is C15H16N6O2. The van der Waals surface area contributed by atoms with E-state index in [1.807, 2.05) is 31.3 Å². The van der Waals surface area contributed by atoms with E-state index in [1.165, 1.54) is 0 Å². The van der Waals surface area contributed by atoms with Gasteiger partial charge in [-0.25, -0.2) is 4.68 Å². The topological polar surface area (TPSA) is 90.9 Å². The Kier molecular flexibility index (Phi) is 3.51. The number of tetrazole rings is 1. The number of aromatic nitrogens is 5. The molecule has 3 aromatic rings. The summed E-state index contributed by atoms with van der Waals surface area (Å²) in [4.78, 5) is 0. The van der Waals surface area contributed by atoms with Crippen molar-refractivity contribution in [3.8, 4) is 11.4 Å². The van der Waals surface area contributed by atoms with Crippen LogP contribution in [0.1, 0.15) is 17.0 Å². The van der Waals surface area contributed by atoms with Crippen LogP contribution in [-0.4, -0.2) is 32.0 Å². The predicted octanol–water partition coefficient (Wildman–Crippen LogP) is 1.55. The van der Waals surface area contributed by atoms with E-state index in [0.717, 1.165) is 40.5 Å². The van der Waals surface area contributed by atoms with Crippen molar-refractivity contribution in [2.75, 3.05) is 11.9 Å². The molecule has 2 aromatic heterocycles. The van der Waals surface area contributed by atoms with E-state index >= 15 is 0 Å². The van der Waals surface area contributed by atoms with E-state index < -0.39 is 0 Å². The molecule has 0 radical (unpaired) electrons. The molecule has 0 bridgehead atoms. The Balaban J connectivity index is 1.46. The van der Waals surface area contributed by atoms with Gasteiger partial charge in [-0.15, -0.1) is 5.10 Å². The average molecular weight is 312 g/mol. The summed E-state index contributed by atoms with van der Waals surface area (Å²) in [7, 11) is 1.82. The van der Waals surface area contributed by atoms with Gasteiger partial charge in [0.1, 0.15) is 11.5 Å². The summed E-state index contributed by atoms with van der Waals surface area (Å²) in [5, 5.41) is 19.0. The van der Waals surface area contributed by atoms with Gasteiger partial charge >= 0.3 is 0 Å². The van der Waals surface area contributed by atoms with E-state index in [9.17, 15) is 0 Å². The summed E-state index contributed by atoms with van der Waals surface area (Å²) in [6.07, 6.45) is 0.794. The number of benzene rings is 1. The zero-order valence-electron chi connectivity index (χ0n) is 12.7. The van der Waals surface area contributed by atoms with Gasteiger partial charge < -0.3 is 14.6 Å². The van der Waals surface area contributed by atoms with Crippen molar-refractivity contribution in [1.29, 1.82) is 0 Å². The first kappa shape index (κ1) is 13.9. The molecular weight excluding hydrogens is 296 g/mol. The quantitative estimate of drug-likeness (QED) is 0.781. The number of fused-ring (bicyclic) bond motifs is 1. The van der Waals surface area contributed by atoms with Crippen molar-refractivity contribution in [2.24, 2.45) is 7.05 Å². The van der Waals surface area contributed by atoms with Gasteiger partial charge in [0, 0.05) is 30.3 Å². The van der Waals surface area contributed by atoms with Crippen LogP contribution in [0.3, 0.4) is 0 Å². The SMILES string of the molecule is Cn1nnnc1-c1ccc(NCc2noc3c2COCC3)cc1. The maximum atomic E-state index is 5.47. The Morgan fingerprint density at radius 1 is 1.26 bits per heavy atom. The van der Waals surface area contributed by atoms with Gasteiger partial charge in [0.05, 0.1) is 19.8 Å². The molecule has 0 amide bonds.